The molecule has 3 rings (SSSR count). The van der Waals surface area contributed by atoms with Gasteiger partial charge in [0.05, 0.1) is 12.1 Å². The topological polar surface area (TPSA) is 188 Å². The first kappa shape index (κ1) is 37.2. The zero-order chi connectivity index (χ0) is 35.2. The molecule has 6 atom stereocenters. The summed E-state index contributed by atoms with van der Waals surface area (Å²) >= 11 is 0. The summed E-state index contributed by atoms with van der Waals surface area (Å²) in [7, 11) is 0. The molecule has 0 radical (unpaired) electrons. The minimum absolute atomic E-state index is 0.0142. The molecule has 258 valence electrons. The summed E-state index contributed by atoms with van der Waals surface area (Å²) in [6.45, 7) is 14.3. The predicted molar refractivity (Wildman–Crippen MR) is 173 cm³/mol. The van der Waals surface area contributed by atoms with Gasteiger partial charge in [-0.25, -0.2) is 20.4 Å². The van der Waals surface area contributed by atoms with E-state index in [0.29, 0.717) is 19.3 Å². The number of carbonyl (C=O) groups is 6. The van der Waals surface area contributed by atoms with Gasteiger partial charge in [0.1, 0.15) is 23.9 Å². The average molecular weight is 656 g/mol. The van der Waals surface area contributed by atoms with E-state index in [9.17, 15) is 33.9 Å². The summed E-state index contributed by atoms with van der Waals surface area (Å²) in [6, 6.07) is 4.46. The Morgan fingerprint density at radius 1 is 1.11 bits per heavy atom. The molecule has 13 heteroatoms. The molecule has 1 saturated heterocycles. The number of carboxylic acid groups (broad SMARTS) is 1. The maximum atomic E-state index is 14.2. The predicted octanol–water partition coefficient (Wildman–Crippen LogP) is 2.58. The number of ketones is 1. The molecule has 0 spiro atoms. The van der Waals surface area contributed by atoms with Crippen molar-refractivity contribution in [3.8, 4) is 0 Å². The molecule has 2 aliphatic rings. The monoisotopic (exact) mass is 655 g/mol. The van der Waals surface area contributed by atoms with Crippen molar-refractivity contribution in [2.75, 3.05) is 6.54 Å². The molecule has 2 fully saturated rings. The number of hydrazine groups is 1. The number of hydrogen-bond donors (Lipinski definition) is 4. The molecule has 13 nitrogen and oxygen atoms in total. The number of rotatable bonds is 13. The van der Waals surface area contributed by atoms with Crippen LogP contribution in [0, 0.1) is 17.3 Å². The first-order valence-electron chi connectivity index (χ1n) is 16.1. The highest BCUT2D eigenvalue weighted by Gasteiger charge is 2.55. The summed E-state index contributed by atoms with van der Waals surface area (Å²) < 4.78 is 5.24. The number of nitrogens with one attached hydrogen (secondary N) is 2. The van der Waals surface area contributed by atoms with E-state index in [4.69, 9.17) is 10.6 Å². The summed E-state index contributed by atoms with van der Waals surface area (Å²) in [5.41, 5.74) is -0.188. The Labute approximate surface area is 276 Å². The number of fused-ring (bicyclic) bond motifs is 1. The number of benzene rings is 1. The molecule has 1 aromatic rings. The van der Waals surface area contributed by atoms with Crippen LogP contribution in [0.5, 0.6) is 0 Å². The van der Waals surface area contributed by atoms with Crippen LogP contribution < -0.4 is 16.5 Å². The highest BCUT2D eigenvalue weighted by Crippen LogP contribution is 2.42. The largest absolute Gasteiger partial charge is 0.480 e. The summed E-state index contributed by atoms with van der Waals surface area (Å²) in [4.78, 5) is 80.6. The normalized spacial score (nSPS) is 21.0. The van der Waals surface area contributed by atoms with Gasteiger partial charge in [0.25, 0.3) is 0 Å². The van der Waals surface area contributed by atoms with Crippen LogP contribution in [0.1, 0.15) is 72.8 Å². The van der Waals surface area contributed by atoms with Gasteiger partial charge in [-0.15, -0.1) is 0 Å². The van der Waals surface area contributed by atoms with Crippen molar-refractivity contribution in [1.29, 1.82) is 0 Å². The van der Waals surface area contributed by atoms with E-state index in [-0.39, 0.29) is 30.7 Å². The van der Waals surface area contributed by atoms with Gasteiger partial charge in [0.2, 0.25) is 17.7 Å². The molecular formula is C34H49N5O8. The van der Waals surface area contributed by atoms with Crippen molar-refractivity contribution in [2.24, 2.45) is 23.1 Å². The Kier molecular flexibility index (Phi) is 12.3. The third-order valence-electron chi connectivity index (χ3n) is 8.71. The molecule has 47 heavy (non-hydrogen) atoms. The van der Waals surface area contributed by atoms with E-state index in [1.54, 1.807) is 65.0 Å². The second-order valence-corrected chi connectivity index (χ2v) is 13.7. The minimum Gasteiger partial charge on any atom is -0.480 e. The second kappa shape index (κ2) is 15.6. The highest BCUT2D eigenvalue weighted by molar-refractivity contribution is 5.99. The standard InChI is InChI=1S/C34H49N5O8/c1-8-12-24(20(4)29(41)37-25(32(44)45)17-21-13-10-9-11-14-21)36-30(42)27-22-15-16-26(40)23(22)18-38(27)31(43)28(34(5,6)7)39(35)33(46)47-19(2)3/h9-11,13-14,19,22-25,27-28H,4,8,12,15-18,35H2,1-3,5-7H3,(H,36,42)(H,37,41)(H,44,45)/t22-,23-,24?,25-,27-,28+/m0/s1. The molecule has 5 N–H and O–H groups in total. The van der Waals surface area contributed by atoms with Gasteiger partial charge in [0, 0.05) is 36.8 Å². The van der Waals surface area contributed by atoms with Crippen LogP contribution in [-0.2, 0) is 35.1 Å². The van der Waals surface area contributed by atoms with Crippen molar-refractivity contribution >= 4 is 35.6 Å². The number of Topliss-reactive ketones (excluding diaryl/α,β-unsaturated/α-hetero) is 1. The Morgan fingerprint density at radius 2 is 1.74 bits per heavy atom. The number of ether oxygens (including phenoxy) is 1. The SMILES string of the molecule is C=C(C(=O)N[C@@H](Cc1ccccc1)C(=O)O)C(CCC)NC(=O)[C@@H]1[C@H]2CCC(=O)[C@H]2CN1C(=O)[C@@H](N(N)C(=O)OC(C)C)C(C)(C)C. The zero-order valence-corrected chi connectivity index (χ0v) is 28.2. The third-order valence-corrected chi connectivity index (χ3v) is 8.71. The molecule has 1 unspecified atom stereocenters. The van der Waals surface area contributed by atoms with Crippen LogP contribution in [0.2, 0.25) is 0 Å². The van der Waals surface area contributed by atoms with E-state index < -0.39 is 77.3 Å². The lowest BCUT2D eigenvalue weighted by atomic mass is 9.85. The molecule has 1 heterocycles. The summed E-state index contributed by atoms with van der Waals surface area (Å²) in [5, 5.41) is 15.9. The van der Waals surface area contributed by atoms with Crippen LogP contribution in [0.4, 0.5) is 4.79 Å². The highest BCUT2D eigenvalue weighted by atomic mass is 16.6. The van der Waals surface area contributed by atoms with Gasteiger partial charge in [-0.3, -0.25) is 19.2 Å². The van der Waals surface area contributed by atoms with Gasteiger partial charge in [-0.2, -0.15) is 0 Å². The van der Waals surface area contributed by atoms with Crippen LogP contribution in [-0.4, -0.2) is 87.4 Å². The number of nitrogens with zero attached hydrogens (tertiary/aromatic N) is 2. The molecule has 1 saturated carbocycles. The lowest BCUT2D eigenvalue weighted by molar-refractivity contribution is -0.147. The second-order valence-electron chi connectivity index (χ2n) is 13.7. The van der Waals surface area contributed by atoms with E-state index in [1.807, 2.05) is 6.92 Å². The van der Waals surface area contributed by atoms with E-state index in [1.165, 1.54) is 4.90 Å². The summed E-state index contributed by atoms with van der Waals surface area (Å²) in [5.74, 6) is 1.98. The molecule has 0 aromatic heterocycles. The maximum Gasteiger partial charge on any atom is 0.425 e. The van der Waals surface area contributed by atoms with Crippen LogP contribution in [0.25, 0.3) is 0 Å². The molecule has 1 aromatic carbocycles. The number of aliphatic carboxylic acids is 1. The first-order valence-corrected chi connectivity index (χ1v) is 16.1. The third kappa shape index (κ3) is 8.97. The van der Waals surface area contributed by atoms with Crippen molar-refractivity contribution in [2.45, 2.75) is 104 Å². The van der Waals surface area contributed by atoms with Gasteiger partial charge in [-0.05, 0) is 37.7 Å². The number of carboxylic acids is 1. The Balaban J connectivity index is 1.86. The lowest BCUT2D eigenvalue weighted by Crippen LogP contribution is -2.62. The van der Waals surface area contributed by atoms with Crippen molar-refractivity contribution in [1.82, 2.24) is 20.5 Å². The Hall–Kier alpha value is -4.26. The van der Waals surface area contributed by atoms with E-state index >= 15 is 0 Å². The Bertz CT molecular complexity index is 1360. The quantitative estimate of drug-likeness (QED) is 0.107. The number of hydrogen-bond acceptors (Lipinski definition) is 8. The molecule has 0 bridgehead atoms. The van der Waals surface area contributed by atoms with Gasteiger partial charge in [0.15, 0.2) is 0 Å². The molecular weight excluding hydrogens is 606 g/mol. The van der Waals surface area contributed by atoms with Crippen LogP contribution in [0.3, 0.4) is 0 Å². The van der Waals surface area contributed by atoms with Crippen molar-refractivity contribution in [3.05, 3.63) is 48.0 Å². The van der Waals surface area contributed by atoms with Crippen LogP contribution in [0.15, 0.2) is 42.5 Å². The summed E-state index contributed by atoms with van der Waals surface area (Å²) in [6.07, 6.45) is 0.191. The number of likely N-dealkylation sites (tertiary alicyclic amines) is 1. The number of nitrogens with two attached hydrogens (primary N) is 1. The Morgan fingerprint density at radius 3 is 2.30 bits per heavy atom. The zero-order valence-electron chi connectivity index (χ0n) is 28.2. The number of carbonyl (C=O) groups excluding carboxylic acids is 5. The van der Waals surface area contributed by atoms with Crippen molar-refractivity contribution < 1.29 is 38.6 Å². The molecule has 4 amide bonds. The van der Waals surface area contributed by atoms with Gasteiger partial charge < -0.3 is 25.4 Å². The first-order chi connectivity index (χ1) is 22.0. The van der Waals surface area contributed by atoms with Crippen LogP contribution >= 0.6 is 0 Å². The fourth-order valence-corrected chi connectivity index (χ4v) is 6.44. The maximum absolute atomic E-state index is 14.2. The fraction of sp³-hybridized carbons (Fsp3) is 0.588. The molecule has 1 aliphatic heterocycles. The molecule has 1 aliphatic carbocycles. The fourth-order valence-electron chi connectivity index (χ4n) is 6.44. The van der Waals surface area contributed by atoms with Gasteiger partial charge in [-0.1, -0.05) is 71.0 Å². The number of amides is 4. The van der Waals surface area contributed by atoms with E-state index in [0.717, 1.165) is 10.6 Å². The minimum atomic E-state index is -1.23. The van der Waals surface area contributed by atoms with Gasteiger partial charge >= 0.3 is 12.1 Å². The van der Waals surface area contributed by atoms with Crippen molar-refractivity contribution in [3.63, 3.8) is 0 Å². The van der Waals surface area contributed by atoms with E-state index in [2.05, 4.69) is 17.2 Å². The lowest BCUT2D eigenvalue weighted by Gasteiger charge is -2.39. The average Bonchev–Trinajstić information content (AvgIpc) is 3.54. The smallest absolute Gasteiger partial charge is 0.425 e.